The van der Waals surface area contributed by atoms with Crippen LogP contribution in [0.2, 0.25) is 0 Å². The standard InChI is InChI=1S/C19H28N2O/c1-21(2)13-18(15-6-4-3-5-7-15)20-19(22)12-17-11-14-8-9-16(17)10-14/h3-7,14,16-18H,8-13H2,1-2H3,(H,20,22). The van der Waals surface area contributed by atoms with E-state index in [2.05, 4.69) is 36.4 Å². The fourth-order valence-electron chi connectivity index (χ4n) is 4.40. The summed E-state index contributed by atoms with van der Waals surface area (Å²) in [6.45, 7) is 0.840. The number of amides is 1. The summed E-state index contributed by atoms with van der Waals surface area (Å²) in [4.78, 5) is 14.6. The van der Waals surface area contributed by atoms with E-state index in [1.807, 2.05) is 18.2 Å². The number of carbonyl (C=O) groups excluding carboxylic acids is 1. The number of fused-ring (bicyclic) bond motifs is 2. The summed E-state index contributed by atoms with van der Waals surface area (Å²) in [5.74, 6) is 2.59. The monoisotopic (exact) mass is 300 g/mol. The van der Waals surface area contributed by atoms with Gasteiger partial charge in [0, 0.05) is 13.0 Å². The van der Waals surface area contributed by atoms with Gasteiger partial charge in [0.2, 0.25) is 5.91 Å². The van der Waals surface area contributed by atoms with Crippen molar-refractivity contribution in [1.82, 2.24) is 10.2 Å². The first-order chi connectivity index (χ1) is 10.6. The molecule has 0 heterocycles. The van der Waals surface area contributed by atoms with Crippen LogP contribution in [0.5, 0.6) is 0 Å². The minimum atomic E-state index is 0.0855. The number of likely N-dealkylation sites (N-methyl/N-ethyl adjacent to an activating group) is 1. The Kier molecular flexibility index (Phi) is 4.82. The molecule has 2 bridgehead atoms. The summed E-state index contributed by atoms with van der Waals surface area (Å²) in [6, 6.07) is 10.4. The van der Waals surface area contributed by atoms with Crippen LogP contribution in [0.15, 0.2) is 30.3 Å². The van der Waals surface area contributed by atoms with Crippen LogP contribution in [-0.4, -0.2) is 31.4 Å². The van der Waals surface area contributed by atoms with Gasteiger partial charge in [0.05, 0.1) is 6.04 Å². The van der Waals surface area contributed by atoms with Gasteiger partial charge in [-0.15, -0.1) is 0 Å². The van der Waals surface area contributed by atoms with E-state index in [-0.39, 0.29) is 11.9 Å². The Balaban J connectivity index is 1.59. The highest BCUT2D eigenvalue weighted by atomic mass is 16.1. The van der Waals surface area contributed by atoms with Crippen LogP contribution in [0.3, 0.4) is 0 Å². The van der Waals surface area contributed by atoms with E-state index in [1.54, 1.807) is 0 Å². The summed E-state index contributed by atoms with van der Waals surface area (Å²) in [5.41, 5.74) is 1.19. The predicted molar refractivity (Wildman–Crippen MR) is 89.4 cm³/mol. The third-order valence-electron chi connectivity index (χ3n) is 5.42. The number of hydrogen-bond donors (Lipinski definition) is 1. The lowest BCUT2D eigenvalue weighted by Crippen LogP contribution is -2.36. The summed E-state index contributed by atoms with van der Waals surface area (Å²) in [7, 11) is 4.11. The first kappa shape index (κ1) is 15.5. The Morgan fingerprint density at radius 2 is 2.00 bits per heavy atom. The average molecular weight is 300 g/mol. The SMILES string of the molecule is CN(C)CC(NC(=O)CC1CC2CCC1C2)c1ccccc1. The fraction of sp³-hybridized carbons (Fsp3) is 0.632. The van der Waals surface area contributed by atoms with Gasteiger partial charge in [-0.05, 0) is 56.7 Å². The first-order valence-corrected chi connectivity index (χ1v) is 8.61. The lowest BCUT2D eigenvalue weighted by molar-refractivity contribution is -0.123. The Morgan fingerprint density at radius 1 is 1.23 bits per heavy atom. The van der Waals surface area contributed by atoms with Gasteiger partial charge < -0.3 is 10.2 Å². The zero-order valence-electron chi connectivity index (χ0n) is 13.8. The molecular weight excluding hydrogens is 272 g/mol. The van der Waals surface area contributed by atoms with E-state index in [4.69, 9.17) is 0 Å². The molecule has 0 radical (unpaired) electrons. The highest BCUT2D eigenvalue weighted by molar-refractivity contribution is 5.76. The predicted octanol–water partition coefficient (Wildman–Crippen LogP) is 3.23. The van der Waals surface area contributed by atoms with Crippen LogP contribution in [0.4, 0.5) is 0 Å². The van der Waals surface area contributed by atoms with Gasteiger partial charge in [0.15, 0.2) is 0 Å². The van der Waals surface area contributed by atoms with E-state index in [1.165, 1.54) is 31.2 Å². The third-order valence-corrected chi connectivity index (χ3v) is 5.42. The minimum absolute atomic E-state index is 0.0855. The number of nitrogens with one attached hydrogen (secondary N) is 1. The molecule has 3 heteroatoms. The molecule has 0 spiro atoms. The first-order valence-electron chi connectivity index (χ1n) is 8.61. The second-order valence-electron chi connectivity index (χ2n) is 7.43. The number of hydrogen-bond acceptors (Lipinski definition) is 2. The smallest absolute Gasteiger partial charge is 0.220 e. The Hall–Kier alpha value is -1.35. The molecule has 22 heavy (non-hydrogen) atoms. The normalized spacial score (nSPS) is 28.0. The largest absolute Gasteiger partial charge is 0.348 e. The topological polar surface area (TPSA) is 32.3 Å². The van der Waals surface area contributed by atoms with Gasteiger partial charge in [0.25, 0.3) is 0 Å². The Bertz CT molecular complexity index is 499. The van der Waals surface area contributed by atoms with Crippen molar-refractivity contribution in [2.45, 2.75) is 38.1 Å². The summed E-state index contributed by atoms with van der Waals surface area (Å²) < 4.78 is 0. The van der Waals surface area contributed by atoms with E-state index < -0.39 is 0 Å². The van der Waals surface area contributed by atoms with Crippen molar-refractivity contribution < 1.29 is 4.79 Å². The molecule has 2 aliphatic rings. The molecule has 1 aromatic carbocycles. The molecule has 2 saturated carbocycles. The van der Waals surface area contributed by atoms with Crippen molar-refractivity contribution in [2.24, 2.45) is 17.8 Å². The van der Waals surface area contributed by atoms with Gasteiger partial charge in [-0.3, -0.25) is 4.79 Å². The third kappa shape index (κ3) is 3.70. The van der Waals surface area contributed by atoms with Crippen molar-refractivity contribution in [1.29, 1.82) is 0 Å². The van der Waals surface area contributed by atoms with Crippen molar-refractivity contribution in [2.75, 3.05) is 20.6 Å². The van der Waals surface area contributed by atoms with Crippen molar-refractivity contribution >= 4 is 5.91 Å². The lowest BCUT2D eigenvalue weighted by atomic mass is 9.86. The highest BCUT2D eigenvalue weighted by Gasteiger charge is 2.40. The van der Waals surface area contributed by atoms with Gasteiger partial charge in [-0.25, -0.2) is 0 Å². The Morgan fingerprint density at radius 3 is 2.59 bits per heavy atom. The van der Waals surface area contributed by atoms with Crippen LogP contribution in [0.25, 0.3) is 0 Å². The van der Waals surface area contributed by atoms with Crippen LogP contribution < -0.4 is 5.32 Å². The van der Waals surface area contributed by atoms with Crippen molar-refractivity contribution in [3.8, 4) is 0 Å². The number of rotatable bonds is 6. The summed E-state index contributed by atoms with van der Waals surface area (Å²) in [6.07, 6.45) is 6.12. The van der Waals surface area contributed by atoms with E-state index in [0.29, 0.717) is 5.92 Å². The zero-order chi connectivity index (χ0) is 15.5. The summed E-state index contributed by atoms with van der Waals surface area (Å²) >= 11 is 0. The van der Waals surface area contributed by atoms with Crippen molar-refractivity contribution in [3.63, 3.8) is 0 Å². The molecule has 3 rings (SSSR count). The molecule has 1 N–H and O–H groups in total. The average Bonchev–Trinajstić information content (AvgIpc) is 3.09. The maximum Gasteiger partial charge on any atom is 0.220 e. The molecule has 3 nitrogen and oxygen atoms in total. The van der Waals surface area contributed by atoms with Crippen LogP contribution >= 0.6 is 0 Å². The molecule has 0 aliphatic heterocycles. The maximum absolute atomic E-state index is 12.5. The number of benzene rings is 1. The van der Waals surface area contributed by atoms with Gasteiger partial charge in [-0.1, -0.05) is 36.8 Å². The molecule has 2 aliphatic carbocycles. The van der Waals surface area contributed by atoms with Crippen LogP contribution in [-0.2, 0) is 4.79 Å². The fourth-order valence-corrected chi connectivity index (χ4v) is 4.40. The van der Waals surface area contributed by atoms with E-state index in [0.717, 1.165) is 24.8 Å². The molecular formula is C19H28N2O. The Labute approximate surface area is 134 Å². The molecule has 0 saturated heterocycles. The molecule has 0 aromatic heterocycles. The van der Waals surface area contributed by atoms with Gasteiger partial charge in [-0.2, -0.15) is 0 Å². The van der Waals surface area contributed by atoms with Gasteiger partial charge >= 0.3 is 0 Å². The van der Waals surface area contributed by atoms with Gasteiger partial charge in [0.1, 0.15) is 0 Å². The molecule has 2 fully saturated rings. The number of nitrogens with zero attached hydrogens (tertiary/aromatic N) is 1. The number of carbonyl (C=O) groups is 1. The molecule has 1 aromatic rings. The van der Waals surface area contributed by atoms with E-state index >= 15 is 0 Å². The maximum atomic E-state index is 12.5. The molecule has 4 atom stereocenters. The van der Waals surface area contributed by atoms with Crippen LogP contribution in [0.1, 0.15) is 43.7 Å². The lowest BCUT2D eigenvalue weighted by Gasteiger charge is -2.25. The van der Waals surface area contributed by atoms with E-state index in [9.17, 15) is 4.79 Å². The minimum Gasteiger partial charge on any atom is -0.348 e. The quantitative estimate of drug-likeness (QED) is 0.875. The zero-order valence-corrected chi connectivity index (χ0v) is 13.8. The second kappa shape index (κ2) is 6.82. The molecule has 4 unspecified atom stereocenters. The second-order valence-corrected chi connectivity index (χ2v) is 7.43. The van der Waals surface area contributed by atoms with Crippen molar-refractivity contribution in [3.05, 3.63) is 35.9 Å². The molecule has 120 valence electrons. The summed E-state index contributed by atoms with van der Waals surface area (Å²) in [5, 5.41) is 3.27. The highest BCUT2D eigenvalue weighted by Crippen LogP contribution is 2.49. The molecule has 1 amide bonds. The van der Waals surface area contributed by atoms with Crippen LogP contribution in [0, 0.1) is 17.8 Å².